The van der Waals surface area contributed by atoms with Crippen molar-refractivity contribution in [2.24, 2.45) is 0 Å². The number of alkyl halides is 1. The van der Waals surface area contributed by atoms with Crippen molar-refractivity contribution in [3.05, 3.63) is 27.3 Å². The molecule has 0 heterocycles. The summed E-state index contributed by atoms with van der Waals surface area (Å²) in [5.41, 5.74) is 0.969. The fourth-order valence-corrected chi connectivity index (χ4v) is 1.61. The summed E-state index contributed by atoms with van der Waals surface area (Å²) in [6, 6.07) is 5.76. The molecule has 0 saturated heterocycles. The van der Waals surface area contributed by atoms with Crippen LogP contribution in [0, 0.1) is 3.57 Å². The van der Waals surface area contributed by atoms with Gasteiger partial charge in [0.05, 0.1) is 5.88 Å². The maximum atomic E-state index is 11.0. The van der Waals surface area contributed by atoms with Crippen molar-refractivity contribution in [3.63, 3.8) is 0 Å². The molecule has 1 rings (SSSR count). The van der Waals surface area contributed by atoms with Crippen molar-refractivity contribution >= 4 is 52.6 Å². The van der Waals surface area contributed by atoms with Crippen LogP contribution in [0.25, 0.3) is 0 Å². The highest BCUT2D eigenvalue weighted by Crippen LogP contribution is 2.18. The van der Waals surface area contributed by atoms with Gasteiger partial charge in [-0.05, 0) is 40.3 Å². The fraction of sp³-hybridized carbons (Fsp3) is 0.222. The zero-order valence-electron chi connectivity index (χ0n) is 6.76. The van der Waals surface area contributed by atoms with Crippen LogP contribution in [0.3, 0.4) is 0 Å². The molecular formula is C9H8ClIOS. The molecule has 4 heteroatoms. The fourth-order valence-electron chi connectivity index (χ4n) is 0.943. The number of carbonyl (C=O) groups is 1. The normalized spacial score (nSPS) is 10.1. The Kier molecular flexibility index (Phi) is 4.55. The lowest BCUT2D eigenvalue weighted by Gasteiger charge is -2.01. The first-order valence-electron chi connectivity index (χ1n) is 3.68. The third-order valence-electron chi connectivity index (χ3n) is 1.56. The average molecular weight is 327 g/mol. The predicted octanol–water partition coefficient (Wildman–Crippen LogP) is 2.93. The smallest absolute Gasteiger partial charge is 0.151 e. The van der Waals surface area contributed by atoms with Crippen molar-refractivity contribution in [2.75, 3.05) is 5.88 Å². The van der Waals surface area contributed by atoms with Crippen molar-refractivity contribution in [2.45, 2.75) is 11.3 Å². The molecular weight excluding hydrogens is 319 g/mol. The van der Waals surface area contributed by atoms with Crippen LogP contribution in [-0.4, -0.2) is 11.7 Å². The van der Waals surface area contributed by atoms with Gasteiger partial charge in [-0.25, -0.2) is 0 Å². The molecule has 0 amide bonds. The highest BCUT2D eigenvalue weighted by molar-refractivity contribution is 14.1. The molecule has 0 atom stereocenters. The van der Waals surface area contributed by atoms with Crippen LogP contribution in [0.4, 0.5) is 0 Å². The first kappa shape index (κ1) is 11.3. The van der Waals surface area contributed by atoms with Crippen LogP contribution in [-0.2, 0) is 11.2 Å². The maximum Gasteiger partial charge on any atom is 0.151 e. The Morgan fingerprint density at radius 2 is 2.23 bits per heavy atom. The van der Waals surface area contributed by atoms with Crippen molar-refractivity contribution in [1.29, 1.82) is 0 Å². The zero-order chi connectivity index (χ0) is 9.84. The minimum absolute atomic E-state index is 0.0376. The van der Waals surface area contributed by atoms with Crippen LogP contribution < -0.4 is 0 Å². The molecule has 0 spiro atoms. The summed E-state index contributed by atoms with van der Waals surface area (Å²) < 4.78 is 1.09. The minimum Gasteiger partial charge on any atom is -0.298 e. The SMILES string of the molecule is O=C(CCl)Cc1ccc(I)c(S)c1. The molecule has 0 fully saturated rings. The number of benzene rings is 1. The summed E-state index contributed by atoms with van der Waals surface area (Å²) in [5, 5.41) is 0. The molecule has 13 heavy (non-hydrogen) atoms. The maximum absolute atomic E-state index is 11.0. The topological polar surface area (TPSA) is 17.1 Å². The van der Waals surface area contributed by atoms with E-state index in [2.05, 4.69) is 35.2 Å². The van der Waals surface area contributed by atoms with Crippen LogP contribution >= 0.6 is 46.8 Å². The van der Waals surface area contributed by atoms with Gasteiger partial charge in [-0.3, -0.25) is 4.79 Å². The standard InChI is InChI=1S/C9H8ClIOS/c10-5-7(12)3-6-1-2-8(11)9(13)4-6/h1-2,4,13H,3,5H2. The van der Waals surface area contributed by atoms with E-state index in [1.807, 2.05) is 18.2 Å². The summed E-state index contributed by atoms with van der Waals surface area (Å²) >= 11 is 11.9. The summed E-state index contributed by atoms with van der Waals surface area (Å²) in [4.78, 5) is 11.9. The molecule has 0 aromatic heterocycles. The minimum atomic E-state index is 0.0376. The van der Waals surface area contributed by atoms with E-state index in [4.69, 9.17) is 11.6 Å². The Balaban J connectivity index is 2.79. The number of thiol groups is 1. The third kappa shape index (κ3) is 3.48. The van der Waals surface area contributed by atoms with Gasteiger partial charge in [0.2, 0.25) is 0 Å². The van der Waals surface area contributed by atoms with E-state index in [9.17, 15) is 4.79 Å². The summed E-state index contributed by atoms with van der Waals surface area (Å²) in [6.45, 7) is 0. The van der Waals surface area contributed by atoms with Gasteiger partial charge in [0.25, 0.3) is 0 Å². The van der Waals surface area contributed by atoms with Gasteiger partial charge in [-0.2, -0.15) is 0 Å². The lowest BCUT2D eigenvalue weighted by molar-refractivity contribution is -0.116. The van der Waals surface area contributed by atoms with Crippen LogP contribution in [0.1, 0.15) is 5.56 Å². The van der Waals surface area contributed by atoms with Gasteiger partial charge in [0.15, 0.2) is 5.78 Å². The van der Waals surface area contributed by atoms with Crippen LogP contribution in [0.5, 0.6) is 0 Å². The molecule has 0 saturated carbocycles. The molecule has 0 aliphatic heterocycles. The number of hydrogen-bond acceptors (Lipinski definition) is 2. The van der Waals surface area contributed by atoms with Gasteiger partial charge in [0.1, 0.15) is 0 Å². The molecule has 0 aliphatic carbocycles. The first-order chi connectivity index (χ1) is 6.13. The molecule has 0 N–H and O–H groups in total. The second kappa shape index (κ2) is 5.22. The largest absolute Gasteiger partial charge is 0.298 e. The first-order valence-corrected chi connectivity index (χ1v) is 5.74. The van der Waals surface area contributed by atoms with E-state index in [-0.39, 0.29) is 11.7 Å². The Labute approximate surface area is 101 Å². The van der Waals surface area contributed by atoms with Crippen molar-refractivity contribution in [1.82, 2.24) is 0 Å². The lowest BCUT2D eigenvalue weighted by Crippen LogP contribution is -2.03. The Hall–Kier alpha value is 0.260. The molecule has 1 nitrogen and oxygen atoms in total. The van der Waals surface area contributed by atoms with Crippen LogP contribution in [0.2, 0.25) is 0 Å². The van der Waals surface area contributed by atoms with E-state index in [1.54, 1.807) is 0 Å². The third-order valence-corrected chi connectivity index (χ3v) is 3.60. The number of ketones is 1. The number of rotatable bonds is 3. The van der Waals surface area contributed by atoms with Gasteiger partial charge in [0, 0.05) is 14.9 Å². The summed E-state index contributed by atoms with van der Waals surface area (Å²) in [5.74, 6) is 0.115. The van der Waals surface area contributed by atoms with Crippen molar-refractivity contribution in [3.8, 4) is 0 Å². The number of halogens is 2. The van der Waals surface area contributed by atoms with E-state index in [0.29, 0.717) is 6.42 Å². The predicted molar refractivity (Wildman–Crippen MR) is 65.8 cm³/mol. The highest BCUT2D eigenvalue weighted by atomic mass is 127. The van der Waals surface area contributed by atoms with E-state index < -0.39 is 0 Å². The monoisotopic (exact) mass is 326 g/mol. The Morgan fingerprint density at radius 3 is 2.77 bits per heavy atom. The van der Waals surface area contributed by atoms with Crippen LogP contribution in [0.15, 0.2) is 23.1 Å². The average Bonchev–Trinajstić information content (AvgIpc) is 2.11. The number of Topliss-reactive ketones (excluding diaryl/α,β-unsaturated/α-hetero) is 1. The number of carbonyl (C=O) groups excluding carboxylic acids is 1. The molecule has 0 radical (unpaired) electrons. The van der Waals surface area contributed by atoms with Gasteiger partial charge >= 0.3 is 0 Å². The second-order valence-corrected chi connectivity index (χ2v) is 4.55. The van der Waals surface area contributed by atoms with E-state index in [1.165, 1.54) is 0 Å². The Morgan fingerprint density at radius 1 is 1.54 bits per heavy atom. The molecule has 70 valence electrons. The molecule has 0 bridgehead atoms. The van der Waals surface area contributed by atoms with E-state index in [0.717, 1.165) is 14.0 Å². The van der Waals surface area contributed by atoms with Crippen molar-refractivity contribution < 1.29 is 4.79 Å². The molecule has 1 aromatic rings. The highest BCUT2D eigenvalue weighted by Gasteiger charge is 2.03. The summed E-state index contributed by atoms with van der Waals surface area (Å²) in [7, 11) is 0. The van der Waals surface area contributed by atoms with Gasteiger partial charge in [-0.1, -0.05) is 6.07 Å². The van der Waals surface area contributed by atoms with Gasteiger partial charge < -0.3 is 0 Å². The summed E-state index contributed by atoms with van der Waals surface area (Å²) in [6.07, 6.45) is 0.397. The Bertz CT molecular complexity index is 327. The van der Waals surface area contributed by atoms with Gasteiger partial charge in [-0.15, -0.1) is 24.2 Å². The zero-order valence-corrected chi connectivity index (χ0v) is 10.6. The number of hydrogen-bond donors (Lipinski definition) is 1. The molecule has 0 aliphatic rings. The molecule has 1 aromatic carbocycles. The quantitative estimate of drug-likeness (QED) is 0.513. The lowest BCUT2D eigenvalue weighted by atomic mass is 10.1. The van der Waals surface area contributed by atoms with E-state index >= 15 is 0 Å². The second-order valence-electron chi connectivity index (χ2n) is 2.63. The molecule has 0 unspecified atom stereocenters.